The lowest BCUT2D eigenvalue weighted by Crippen LogP contribution is -2.29. The van der Waals surface area contributed by atoms with Gasteiger partial charge in [0.2, 0.25) is 0 Å². The van der Waals surface area contributed by atoms with E-state index in [4.69, 9.17) is 11.6 Å². The van der Waals surface area contributed by atoms with Gasteiger partial charge in [0.15, 0.2) is 11.0 Å². The van der Waals surface area contributed by atoms with Crippen LogP contribution in [0, 0.1) is 12.7 Å². The lowest BCUT2D eigenvalue weighted by molar-refractivity contribution is 0.251. The minimum Gasteiger partial charge on any atom is -0.331 e. The molecule has 0 atom stereocenters. The van der Waals surface area contributed by atoms with Crippen molar-refractivity contribution in [3.05, 3.63) is 100 Å². The summed E-state index contributed by atoms with van der Waals surface area (Å²) in [7, 11) is 0. The van der Waals surface area contributed by atoms with Crippen molar-refractivity contribution in [1.29, 1.82) is 0 Å². The molecule has 0 spiro atoms. The second kappa shape index (κ2) is 11.4. The molecule has 2 N–H and O–H groups in total. The molecule has 4 aromatic rings. The third-order valence-corrected chi connectivity index (χ3v) is 6.63. The molecule has 0 saturated heterocycles. The van der Waals surface area contributed by atoms with E-state index < -0.39 is 0 Å². The molecular formula is C26H25ClFN5OS. The van der Waals surface area contributed by atoms with Crippen molar-refractivity contribution < 1.29 is 9.18 Å². The van der Waals surface area contributed by atoms with E-state index in [2.05, 4.69) is 27.8 Å². The van der Waals surface area contributed by atoms with E-state index in [1.807, 2.05) is 54.0 Å². The zero-order valence-electron chi connectivity index (χ0n) is 19.4. The normalized spacial score (nSPS) is 10.9. The fraction of sp³-hybridized carbons (Fsp3) is 0.192. The summed E-state index contributed by atoms with van der Waals surface area (Å²) in [6.45, 7) is 4.20. The number of nitrogens with one attached hydrogen (secondary N) is 2. The highest BCUT2D eigenvalue weighted by atomic mass is 35.5. The lowest BCUT2D eigenvalue weighted by Gasteiger charge is -2.14. The maximum Gasteiger partial charge on any atom is 0.319 e. The number of benzene rings is 3. The van der Waals surface area contributed by atoms with Crippen molar-refractivity contribution in [3.8, 4) is 5.69 Å². The molecule has 0 aliphatic carbocycles. The third kappa shape index (κ3) is 6.41. The molecule has 0 bridgehead atoms. The predicted octanol–water partition coefficient (Wildman–Crippen LogP) is 6.54. The summed E-state index contributed by atoms with van der Waals surface area (Å²) in [6, 6.07) is 19.4. The first-order valence-corrected chi connectivity index (χ1v) is 12.5. The van der Waals surface area contributed by atoms with Crippen molar-refractivity contribution in [2.45, 2.75) is 37.7 Å². The van der Waals surface area contributed by atoms with Crippen LogP contribution in [0.25, 0.3) is 5.69 Å². The number of halogens is 2. The molecule has 1 aromatic heterocycles. The first kappa shape index (κ1) is 24.8. The minimum atomic E-state index is -0.337. The molecule has 35 heavy (non-hydrogen) atoms. The molecule has 180 valence electrons. The van der Waals surface area contributed by atoms with Crippen molar-refractivity contribution in [1.82, 2.24) is 20.1 Å². The molecule has 6 nitrogen and oxygen atoms in total. The van der Waals surface area contributed by atoms with Crippen LogP contribution in [0.1, 0.15) is 29.4 Å². The Morgan fingerprint density at radius 2 is 1.86 bits per heavy atom. The first-order valence-electron chi connectivity index (χ1n) is 11.1. The Kier molecular flexibility index (Phi) is 8.05. The smallest absolute Gasteiger partial charge is 0.319 e. The molecule has 0 aliphatic heterocycles. The Morgan fingerprint density at radius 3 is 2.63 bits per heavy atom. The second-order valence-electron chi connectivity index (χ2n) is 7.94. The maximum atomic E-state index is 13.3. The average molecular weight is 510 g/mol. The van der Waals surface area contributed by atoms with Gasteiger partial charge >= 0.3 is 6.03 Å². The van der Waals surface area contributed by atoms with Crippen LogP contribution in [0.4, 0.5) is 14.9 Å². The van der Waals surface area contributed by atoms with E-state index in [1.165, 1.54) is 23.9 Å². The van der Waals surface area contributed by atoms with E-state index in [9.17, 15) is 9.18 Å². The van der Waals surface area contributed by atoms with Crippen LogP contribution in [0.3, 0.4) is 0 Å². The minimum absolute atomic E-state index is 0.162. The number of hydrogen-bond acceptors (Lipinski definition) is 4. The summed E-state index contributed by atoms with van der Waals surface area (Å²) in [6.07, 6.45) is 0.887. The van der Waals surface area contributed by atoms with Crippen molar-refractivity contribution in [2.24, 2.45) is 0 Å². The van der Waals surface area contributed by atoms with Gasteiger partial charge in [0.25, 0.3) is 0 Å². The van der Waals surface area contributed by atoms with Gasteiger partial charge in [-0.1, -0.05) is 60.6 Å². The number of amides is 2. The summed E-state index contributed by atoms with van der Waals surface area (Å²) in [5, 5.41) is 15.7. The predicted molar refractivity (Wildman–Crippen MR) is 139 cm³/mol. The quantitative estimate of drug-likeness (QED) is 0.264. The van der Waals surface area contributed by atoms with Gasteiger partial charge in [0.05, 0.1) is 12.2 Å². The molecule has 0 unspecified atom stereocenters. The number of thioether (sulfide) groups is 1. The number of hydrogen-bond donors (Lipinski definition) is 2. The Bertz CT molecular complexity index is 1330. The molecule has 0 radical (unpaired) electrons. The summed E-state index contributed by atoms with van der Waals surface area (Å²) in [4.78, 5) is 12.6. The van der Waals surface area contributed by atoms with Crippen LogP contribution in [-0.4, -0.2) is 20.8 Å². The number of anilines is 1. The number of nitrogens with zero attached hydrogens (tertiary/aromatic N) is 3. The van der Waals surface area contributed by atoms with Gasteiger partial charge in [-0.2, -0.15) is 0 Å². The van der Waals surface area contributed by atoms with E-state index in [0.29, 0.717) is 21.8 Å². The van der Waals surface area contributed by atoms with Crippen molar-refractivity contribution in [2.75, 3.05) is 5.32 Å². The highest BCUT2D eigenvalue weighted by Crippen LogP contribution is 2.28. The molecule has 0 fully saturated rings. The zero-order valence-corrected chi connectivity index (χ0v) is 21.0. The van der Waals surface area contributed by atoms with Gasteiger partial charge in [-0.15, -0.1) is 10.2 Å². The second-order valence-corrected chi connectivity index (χ2v) is 9.32. The van der Waals surface area contributed by atoms with Crippen LogP contribution in [0.2, 0.25) is 5.02 Å². The van der Waals surface area contributed by atoms with Crippen molar-refractivity contribution in [3.63, 3.8) is 0 Å². The van der Waals surface area contributed by atoms with Crippen molar-refractivity contribution >= 4 is 35.1 Å². The van der Waals surface area contributed by atoms with Crippen LogP contribution < -0.4 is 10.6 Å². The molecule has 0 aliphatic rings. The zero-order chi connectivity index (χ0) is 24.8. The van der Waals surface area contributed by atoms with Crippen LogP contribution in [0.15, 0.2) is 71.9 Å². The Balaban J connectivity index is 1.54. The number of aryl methyl sites for hydroxylation is 2. The molecule has 3 aromatic carbocycles. The number of carbonyl (C=O) groups is 1. The Labute approximate surface area is 212 Å². The highest BCUT2D eigenvalue weighted by Gasteiger charge is 2.17. The molecular weight excluding hydrogens is 485 g/mol. The summed E-state index contributed by atoms with van der Waals surface area (Å²) >= 11 is 7.77. The van der Waals surface area contributed by atoms with Gasteiger partial charge in [-0.05, 0) is 66.4 Å². The Hall–Kier alpha value is -3.36. The van der Waals surface area contributed by atoms with Crippen LogP contribution in [0.5, 0.6) is 0 Å². The summed E-state index contributed by atoms with van der Waals surface area (Å²) < 4.78 is 15.2. The topological polar surface area (TPSA) is 71.8 Å². The third-order valence-electron chi connectivity index (χ3n) is 5.39. The highest BCUT2D eigenvalue weighted by molar-refractivity contribution is 7.98. The number of carbonyl (C=O) groups excluding carboxylic acids is 1. The van der Waals surface area contributed by atoms with E-state index in [0.717, 1.165) is 34.5 Å². The number of urea groups is 1. The van der Waals surface area contributed by atoms with Crippen LogP contribution >= 0.6 is 23.4 Å². The van der Waals surface area contributed by atoms with E-state index in [1.54, 1.807) is 12.1 Å². The van der Waals surface area contributed by atoms with E-state index in [-0.39, 0.29) is 18.4 Å². The summed E-state index contributed by atoms with van der Waals surface area (Å²) in [5.74, 6) is 0.874. The maximum absolute atomic E-state index is 13.3. The number of rotatable bonds is 8. The lowest BCUT2D eigenvalue weighted by atomic mass is 10.1. The molecule has 1 heterocycles. The SMILES string of the molecule is CCc1cccc(NC(=O)NCc2nnc(SCc3ccc(F)cc3)n2-c2cc(Cl)ccc2C)c1. The van der Waals surface area contributed by atoms with Crippen LogP contribution in [-0.2, 0) is 18.7 Å². The van der Waals surface area contributed by atoms with Gasteiger partial charge in [0.1, 0.15) is 5.82 Å². The van der Waals surface area contributed by atoms with Gasteiger partial charge in [-0.25, -0.2) is 9.18 Å². The molecule has 2 amide bonds. The molecule has 9 heteroatoms. The fourth-order valence-corrected chi connectivity index (χ4v) is 4.59. The number of aromatic nitrogens is 3. The monoisotopic (exact) mass is 509 g/mol. The average Bonchev–Trinajstić information content (AvgIpc) is 3.26. The largest absolute Gasteiger partial charge is 0.331 e. The summed E-state index contributed by atoms with van der Waals surface area (Å²) in [5.41, 5.74) is 4.64. The standard InChI is InChI=1S/C26H25ClFN5OS/c1-3-18-5-4-6-22(13-18)30-25(34)29-15-24-31-32-26(35-16-19-8-11-21(28)12-9-19)33(24)23-14-20(27)10-7-17(23)2/h4-14H,3,15-16H2,1-2H3,(H2,29,30,34). The van der Waals surface area contributed by atoms with E-state index >= 15 is 0 Å². The first-order chi connectivity index (χ1) is 16.9. The van der Waals surface area contributed by atoms with Gasteiger partial charge in [-0.3, -0.25) is 4.57 Å². The fourth-order valence-electron chi connectivity index (χ4n) is 3.51. The molecule has 0 saturated carbocycles. The Morgan fingerprint density at radius 1 is 1.06 bits per heavy atom. The molecule has 4 rings (SSSR count). The van der Waals surface area contributed by atoms with Gasteiger partial charge < -0.3 is 10.6 Å². The van der Waals surface area contributed by atoms with Gasteiger partial charge in [0, 0.05) is 16.5 Å².